The molecule has 0 aromatic rings. The highest BCUT2D eigenvalue weighted by molar-refractivity contribution is 4.84. The minimum absolute atomic E-state index is 0.146. The van der Waals surface area contributed by atoms with E-state index in [2.05, 4.69) is 201 Å². The third-order valence-corrected chi connectivity index (χ3v) is 17.6. The van der Waals surface area contributed by atoms with Crippen molar-refractivity contribution in [1.82, 2.24) is 0 Å². The fraction of sp³-hybridized carbons (Fsp3) is 1.00. The lowest BCUT2D eigenvalue weighted by atomic mass is 9.65. The van der Waals surface area contributed by atoms with Crippen molar-refractivity contribution >= 4 is 0 Å². The van der Waals surface area contributed by atoms with Gasteiger partial charge < -0.3 is 0 Å². The molecule has 0 fully saturated rings. The minimum atomic E-state index is -1.04. The van der Waals surface area contributed by atoms with Crippen LogP contribution in [0.15, 0.2) is 0 Å². The van der Waals surface area contributed by atoms with E-state index in [1.54, 1.807) is 34.6 Å². The first-order chi connectivity index (χ1) is 32.4. The van der Waals surface area contributed by atoms with Gasteiger partial charge in [0.15, 0.2) is 0 Å². The molecule has 0 nitrogen and oxygen atoms in total. The summed E-state index contributed by atoms with van der Waals surface area (Å²) in [7, 11) is 0. The summed E-state index contributed by atoms with van der Waals surface area (Å²) in [6, 6.07) is 0. The van der Waals surface area contributed by atoms with Gasteiger partial charge in [-0.05, 0) is 141 Å². The number of hydrogen-bond donors (Lipinski definition) is 0. The lowest BCUT2D eigenvalue weighted by Crippen LogP contribution is -2.34. The Morgan fingerprint density at radius 1 is 0.338 bits per heavy atom. The van der Waals surface area contributed by atoms with Gasteiger partial charge in [-0.1, -0.05) is 294 Å². The standard InChI is InChI=1S/C10H21F.C10H22.C9H20.C8H18.2C7H15F.C7H16.C6H13F.C6H14/c1-7(2)9(8(3)4)10(5,6)11;1-7-10(6,8-2)9(3,4)5;1-6-8(7-2)9(3,4)5;1-6-7(2)8(3,4)5;1-5-7(4,8)6(2)3;1-4-6-7(3,8)5-2;1-6(2)7(3,4)5;1-4-6(3,7)5-2;1-5-6(2,3)4/h7-9H,1-6H3;7-8H2,1-6H3;8H,6-7H2,1-5H3;7H,6H2,1-5H3;6H,5H2,1-4H3;4-6H2,1-3H3;6H,1-5H3;4-5H2,1-3H3;5H2,1-4H3. The van der Waals surface area contributed by atoms with E-state index in [4.69, 9.17) is 0 Å². The molecule has 3 unspecified atom stereocenters. The molecule has 4 heteroatoms. The van der Waals surface area contributed by atoms with Gasteiger partial charge in [-0.25, -0.2) is 17.6 Å². The molecule has 0 aliphatic carbocycles. The van der Waals surface area contributed by atoms with Crippen molar-refractivity contribution in [3.8, 4) is 0 Å². The summed E-state index contributed by atoms with van der Waals surface area (Å²) in [5.74, 6) is 3.72. The fourth-order valence-electron chi connectivity index (χ4n) is 7.15. The summed E-state index contributed by atoms with van der Waals surface area (Å²) in [6.45, 7) is 87.1. The van der Waals surface area contributed by atoms with Crippen molar-refractivity contribution in [2.45, 2.75) is 384 Å². The van der Waals surface area contributed by atoms with Gasteiger partial charge in [-0.15, -0.1) is 0 Å². The van der Waals surface area contributed by atoms with Crippen molar-refractivity contribution in [1.29, 1.82) is 0 Å². The zero-order chi connectivity index (χ0) is 62.5. The van der Waals surface area contributed by atoms with Crippen LogP contribution in [-0.4, -0.2) is 22.7 Å². The van der Waals surface area contributed by atoms with Gasteiger partial charge in [0.1, 0.15) is 22.7 Å². The SMILES string of the molecule is CC(C)C(C(C)C)C(C)(C)F.CC(C)C(C)(C)C.CCC(C)(C)C.CCC(C)(CC)C(C)(C)C.CCC(C)(F)C(C)C.CCC(C)(F)CC.CCC(C)C(C)(C)C.CCC(CC)C(C)(C)C.CCCC(C)(F)CC. The number of halogens is 4. The van der Waals surface area contributed by atoms with Crippen molar-refractivity contribution < 1.29 is 17.6 Å². The van der Waals surface area contributed by atoms with Crippen LogP contribution in [0.2, 0.25) is 0 Å². The smallest absolute Gasteiger partial charge is 0.110 e. The lowest BCUT2D eigenvalue weighted by Gasteiger charge is -2.40. The summed E-state index contributed by atoms with van der Waals surface area (Å²) >= 11 is 0. The molecule has 0 aromatic carbocycles. The number of hydrogen-bond acceptors (Lipinski definition) is 0. The Kier molecular flexibility index (Phi) is 54.7. The maximum absolute atomic E-state index is 13.6. The van der Waals surface area contributed by atoms with Gasteiger partial charge >= 0.3 is 0 Å². The molecule has 0 saturated carbocycles. The topological polar surface area (TPSA) is 0 Å². The van der Waals surface area contributed by atoms with E-state index in [0.29, 0.717) is 76.4 Å². The molecule has 0 aliphatic rings. The van der Waals surface area contributed by atoms with Crippen LogP contribution in [0.1, 0.15) is 361 Å². The van der Waals surface area contributed by atoms with Gasteiger partial charge in [0, 0.05) is 0 Å². The Bertz CT molecular complexity index is 1130. The molecule has 0 amide bonds. The monoisotopic (exact) mass is 1070 g/mol. The van der Waals surface area contributed by atoms with Crippen LogP contribution in [0.25, 0.3) is 0 Å². The van der Waals surface area contributed by atoms with E-state index in [1.165, 1.54) is 38.5 Å². The molecule has 462 valence electrons. The van der Waals surface area contributed by atoms with Gasteiger partial charge in [0.05, 0.1) is 0 Å². The maximum Gasteiger partial charge on any atom is 0.110 e. The number of alkyl halides is 4. The third kappa shape index (κ3) is 59.4. The van der Waals surface area contributed by atoms with Crippen LogP contribution in [0, 0.1) is 73.9 Å². The first-order valence-corrected chi connectivity index (χ1v) is 31.1. The van der Waals surface area contributed by atoms with E-state index >= 15 is 0 Å². The molecule has 0 N–H and O–H groups in total. The maximum atomic E-state index is 13.6. The molecule has 0 radical (unpaired) electrons. The Balaban J connectivity index is -0.0000000922. The quantitative estimate of drug-likeness (QED) is 0.143. The first-order valence-electron chi connectivity index (χ1n) is 31.1. The van der Waals surface area contributed by atoms with Crippen LogP contribution >= 0.6 is 0 Å². The van der Waals surface area contributed by atoms with E-state index in [1.807, 2.05) is 48.5 Å². The van der Waals surface area contributed by atoms with Crippen LogP contribution < -0.4 is 0 Å². The Labute approximate surface area is 473 Å². The minimum Gasteiger partial charge on any atom is -0.244 e. The largest absolute Gasteiger partial charge is 0.244 e. The lowest BCUT2D eigenvalue weighted by molar-refractivity contribution is 0.0561. The van der Waals surface area contributed by atoms with E-state index in [0.717, 1.165) is 24.2 Å². The second kappa shape index (κ2) is 43.5. The molecule has 74 heavy (non-hydrogen) atoms. The Hall–Kier alpha value is -0.280. The van der Waals surface area contributed by atoms with E-state index in [-0.39, 0.29) is 11.8 Å². The molecule has 0 rings (SSSR count). The number of rotatable bonds is 15. The van der Waals surface area contributed by atoms with Crippen LogP contribution in [-0.2, 0) is 0 Å². The third-order valence-electron chi connectivity index (χ3n) is 17.6. The zero-order valence-electron chi connectivity index (χ0n) is 60.0. The summed E-state index contributed by atoms with van der Waals surface area (Å²) in [6.07, 6.45) is 11.9. The Morgan fingerprint density at radius 3 is 0.649 bits per heavy atom. The summed E-state index contributed by atoms with van der Waals surface area (Å²) < 4.78 is 51.9. The van der Waals surface area contributed by atoms with E-state index in [9.17, 15) is 17.6 Å². The molecule has 0 bridgehead atoms. The summed E-state index contributed by atoms with van der Waals surface area (Å²) in [4.78, 5) is 0. The average Bonchev–Trinajstić information content (AvgIpc) is 3.22. The molecular formula is C70H154F4. The first kappa shape index (κ1) is 93.1. The second-order valence-electron chi connectivity index (χ2n) is 30.5. The van der Waals surface area contributed by atoms with Gasteiger partial charge in [0.2, 0.25) is 0 Å². The van der Waals surface area contributed by atoms with Crippen LogP contribution in [0.5, 0.6) is 0 Å². The van der Waals surface area contributed by atoms with Crippen molar-refractivity contribution in [2.24, 2.45) is 73.9 Å². The average molecular weight is 1070 g/mol. The highest BCUT2D eigenvalue weighted by Gasteiger charge is 2.34. The van der Waals surface area contributed by atoms with Crippen LogP contribution in [0.4, 0.5) is 17.6 Å². The fourth-order valence-corrected chi connectivity index (χ4v) is 7.15. The second-order valence-corrected chi connectivity index (χ2v) is 30.5. The normalized spacial score (nSPS) is 14.5. The predicted octanol–water partition coefficient (Wildman–Crippen LogP) is 27.4. The van der Waals surface area contributed by atoms with Crippen molar-refractivity contribution in [3.05, 3.63) is 0 Å². The molecule has 0 heterocycles. The molecule has 0 spiro atoms. The molecule has 0 aromatic heterocycles. The van der Waals surface area contributed by atoms with Gasteiger partial charge in [-0.3, -0.25) is 0 Å². The Morgan fingerprint density at radius 2 is 0.635 bits per heavy atom. The van der Waals surface area contributed by atoms with Crippen molar-refractivity contribution in [3.63, 3.8) is 0 Å². The highest BCUT2D eigenvalue weighted by atomic mass is 19.2. The highest BCUT2D eigenvalue weighted by Crippen LogP contribution is 2.43. The summed E-state index contributed by atoms with van der Waals surface area (Å²) in [5.41, 5.74) is -0.779. The van der Waals surface area contributed by atoms with Gasteiger partial charge in [-0.2, -0.15) is 0 Å². The predicted molar refractivity (Wildman–Crippen MR) is 342 cm³/mol. The molecule has 3 atom stereocenters. The van der Waals surface area contributed by atoms with Crippen LogP contribution in [0.3, 0.4) is 0 Å². The molecule has 0 saturated heterocycles. The molecular weight excluding hydrogens is 917 g/mol. The van der Waals surface area contributed by atoms with Crippen molar-refractivity contribution in [2.75, 3.05) is 0 Å². The zero-order valence-corrected chi connectivity index (χ0v) is 60.0. The van der Waals surface area contributed by atoms with Gasteiger partial charge in [0.25, 0.3) is 0 Å². The summed E-state index contributed by atoms with van der Waals surface area (Å²) in [5, 5.41) is 0. The van der Waals surface area contributed by atoms with E-state index < -0.39 is 22.7 Å². The molecule has 0 aliphatic heterocycles.